The van der Waals surface area contributed by atoms with Crippen LogP contribution in [0.5, 0.6) is 0 Å². The molecule has 0 amide bonds. The highest BCUT2D eigenvalue weighted by molar-refractivity contribution is 7.82. The summed E-state index contributed by atoms with van der Waals surface area (Å²) in [6.07, 6.45) is 0. The fourth-order valence-electron chi connectivity index (χ4n) is 0.165. The number of ether oxygens (including phenoxy) is 1. The van der Waals surface area contributed by atoms with Crippen molar-refractivity contribution in [3.8, 4) is 0 Å². The van der Waals surface area contributed by atoms with Crippen LogP contribution < -0.4 is 5.14 Å². The van der Waals surface area contributed by atoms with E-state index in [-0.39, 0.29) is 0 Å². The van der Waals surface area contributed by atoms with E-state index in [4.69, 9.17) is 5.14 Å². The molecule has 3 nitrogen and oxygen atoms in total. The van der Waals surface area contributed by atoms with Crippen LogP contribution in [0.15, 0.2) is 0 Å². The minimum absolute atomic E-state index is 0.427. The SMILES string of the molecule is COCCS(N)=O. The molecule has 0 heterocycles. The molecule has 2 N–H and O–H groups in total. The molecule has 0 aromatic rings. The van der Waals surface area contributed by atoms with E-state index in [9.17, 15) is 4.21 Å². The van der Waals surface area contributed by atoms with Crippen LogP contribution in [-0.2, 0) is 15.7 Å². The van der Waals surface area contributed by atoms with Crippen molar-refractivity contribution in [3.63, 3.8) is 0 Å². The summed E-state index contributed by atoms with van der Waals surface area (Å²) in [5.74, 6) is 0.427. The van der Waals surface area contributed by atoms with E-state index in [1.54, 1.807) is 7.11 Å². The van der Waals surface area contributed by atoms with Gasteiger partial charge in [0.25, 0.3) is 0 Å². The molecule has 0 aromatic carbocycles. The van der Waals surface area contributed by atoms with Crippen molar-refractivity contribution in [3.05, 3.63) is 0 Å². The lowest BCUT2D eigenvalue weighted by molar-refractivity contribution is 0.218. The molecule has 1 atom stereocenters. The van der Waals surface area contributed by atoms with Crippen LogP contribution in [0.3, 0.4) is 0 Å². The van der Waals surface area contributed by atoms with Crippen LogP contribution in [0.25, 0.3) is 0 Å². The summed E-state index contributed by atoms with van der Waals surface area (Å²) < 4.78 is 14.6. The molecule has 0 aliphatic rings. The van der Waals surface area contributed by atoms with Gasteiger partial charge in [0.05, 0.1) is 23.3 Å². The van der Waals surface area contributed by atoms with Gasteiger partial charge in [0.15, 0.2) is 0 Å². The van der Waals surface area contributed by atoms with E-state index in [0.29, 0.717) is 12.4 Å². The van der Waals surface area contributed by atoms with E-state index in [1.807, 2.05) is 0 Å². The molecule has 0 radical (unpaired) electrons. The predicted octanol–water partition coefficient (Wildman–Crippen LogP) is -0.745. The molecule has 0 saturated carbocycles. The highest BCUT2D eigenvalue weighted by atomic mass is 32.2. The molecule has 0 aliphatic heterocycles. The Hall–Kier alpha value is 0.0700. The summed E-state index contributed by atoms with van der Waals surface area (Å²) >= 11 is 0. The lowest BCUT2D eigenvalue weighted by atomic mass is 10.9. The first kappa shape index (κ1) is 7.07. The molecule has 0 bridgehead atoms. The van der Waals surface area contributed by atoms with Crippen LogP contribution in [-0.4, -0.2) is 23.7 Å². The van der Waals surface area contributed by atoms with Gasteiger partial charge in [0, 0.05) is 7.11 Å². The minimum atomic E-state index is -1.19. The third-order valence-electron chi connectivity index (χ3n) is 0.489. The van der Waals surface area contributed by atoms with Crippen LogP contribution >= 0.6 is 0 Å². The first-order chi connectivity index (χ1) is 3.27. The van der Waals surface area contributed by atoms with E-state index in [2.05, 4.69) is 4.74 Å². The van der Waals surface area contributed by atoms with Gasteiger partial charge in [0.2, 0.25) is 0 Å². The van der Waals surface area contributed by atoms with Crippen molar-refractivity contribution >= 4 is 11.0 Å². The van der Waals surface area contributed by atoms with Gasteiger partial charge < -0.3 is 4.74 Å². The monoisotopic (exact) mass is 123 g/mol. The van der Waals surface area contributed by atoms with Gasteiger partial charge in [-0.3, -0.25) is 5.14 Å². The number of methoxy groups -OCH3 is 1. The fraction of sp³-hybridized carbons (Fsp3) is 1.00. The van der Waals surface area contributed by atoms with E-state index >= 15 is 0 Å². The Balaban J connectivity index is 2.82. The molecule has 0 rings (SSSR count). The number of hydrogen-bond donors (Lipinski definition) is 1. The number of hydrogen-bond acceptors (Lipinski definition) is 2. The van der Waals surface area contributed by atoms with E-state index in [0.717, 1.165) is 0 Å². The first-order valence-corrected chi connectivity index (χ1v) is 3.27. The molecule has 0 saturated heterocycles. The highest BCUT2D eigenvalue weighted by Gasteiger charge is 1.85. The van der Waals surface area contributed by atoms with E-state index in [1.165, 1.54) is 0 Å². The lowest BCUT2D eigenvalue weighted by Gasteiger charge is -1.90. The summed E-state index contributed by atoms with van der Waals surface area (Å²) in [4.78, 5) is 0. The number of nitrogens with two attached hydrogens (primary N) is 1. The summed E-state index contributed by atoms with van der Waals surface area (Å²) in [5, 5.41) is 4.87. The molecule has 0 fully saturated rings. The molecular weight excluding hydrogens is 114 g/mol. The summed E-state index contributed by atoms with van der Waals surface area (Å²) in [5.41, 5.74) is 0. The van der Waals surface area contributed by atoms with Crippen molar-refractivity contribution in [2.45, 2.75) is 0 Å². The molecule has 0 aliphatic carbocycles. The average Bonchev–Trinajstić information content (AvgIpc) is 1.61. The predicted molar refractivity (Wildman–Crippen MR) is 29.1 cm³/mol. The average molecular weight is 123 g/mol. The summed E-state index contributed by atoms with van der Waals surface area (Å²) in [6.45, 7) is 0.475. The quantitative estimate of drug-likeness (QED) is 0.537. The Labute approximate surface area is 45.4 Å². The van der Waals surface area contributed by atoms with Gasteiger partial charge in [-0.05, 0) is 0 Å². The topological polar surface area (TPSA) is 52.3 Å². The molecule has 7 heavy (non-hydrogen) atoms. The maximum atomic E-state index is 10.0. The Morgan fingerprint density at radius 3 is 2.57 bits per heavy atom. The molecule has 4 heteroatoms. The minimum Gasteiger partial charge on any atom is -0.384 e. The second-order valence-electron chi connectivity index (χ2n) is 1.08. The van der Waals surface area contributed by atoms with Gasteiger partial charge in [-0.1, -0.05) is 0 Å². The summed E-state index contributed by atoms with van der Waals surface area (Å²) in [6, 6.07) is 0. The maximum absolute atomic E-state index is 10.0. The third-order valence-corrected chi connectivity index (χ3v) is 1.06. The van der Waals surface area contributed by atoms with Gasteiger partial charge in [-0.2, -0.15) is 0 Å². The first-order valence-electron chi connectivity index (χ1n) is 1.89. The zero-order chi connectivity index (χ0) is 5.70. The van der Waals surface area contributed by atoms with Gasteiger partial charge in [-0.15, -0.1) is 0 Å². The van der Waals surface area contributed by atoms with Crippen molar-refractivity contribution in [2.24, 2.45) is 5.14 Å². The Morgan fingerprint density at radius 2 is 2.43 bits per heavy atom. The molecular formula is C3H9NO2S. The molecule has 0 spiro atoms. The van der Waals surface area contributed by atoms with Gasteiger partial charge in [0.1, 0.15) is 0 Å². The fourth-order valence-corrected chi connectivity index (χ4v) is 0.496. The van der Waals surface area contributed by atoms with Gasteiger partial charge in [-0.25, -0.2) is 4.21 Å². The summed E-state index contributed by atoms with van der Waals surface area (Å²) in [7, 11) is 0.358. The van der Waals surface area contributed by atoms with Crippen molar-refractivity contribution in [1.29, 1.82) is 0 Å². The normalized spacial score (nSPS) is 14.0. The highest BCUT2D eigenvalue weighted by Crippen LogP contribution is 1.68. The molecule has 1 unspecified atom stereocenters. The molecule has 44 valence electrons. The zero-order valence-corrected chi connectivity index (χ0v) is 5.03. The van der Waals surface area contributed by atoms with Crippen LogP contribution in [0.1, 0.15) is 0 Å². The zero-order valence-electron chi connectivity index (χ0n) is 4.22. The second kappa shape index (κ2) is 4.23. The smallest absolute Gasteiger partial charge is 0.0911 e. The second-order valence-corrected chi connectivity index (χ2v) is 2.25. The van der Waals surface area contributed by atoms with Crippen molar-refractivity contribution < 1.29 is 8.95 Å². The van der Waals surface area contributed by atoms with Crippen molar-refractivity contribution in [1.82, 2.24) is 0 Å². The molecule has 0 aromatic heterocycles. The lowest BCUT2D eigenvalue weighted by Crippen LogP contribution is -2.11. The van der Waals surface area contributed by atoms with E-state index < -0.39 is 11.0 Å². The Bertz CT molecular complexity index is 66.0. The van der Waals surface area contributed by atoms with Crippen molar-refractivity contribution in [2.75, 3.05) is 19.5 Å². The van der Waals surface area contributed by atoms with Crippen LogP contribution in [0.2, 0.25) is 0 Å². The number of rotatable bonds is 3. The Kier molecular flexibility index (Phi) is 4.28. The van der Waals surface area contributed by atoms with Crippen LogP contribution in [0.4, 0.5) is 0 Å². The van der Waals surface area contributed by atoms with Crippen LogP contribution in [0, 0.1) is 0 Å². The third kappa shape index (κ3) is 6.07. The Morgan fingerprint density at radius 1 is 1.86 bits per heavy atom. The largest absolute Gasteiger partial charge is 0.384 e. The standard InChI is InChI=1S/C3H9NO2S/c1-6-2-3-7(4)5/h2-4H2,1H3. The maximum Gasteiger partial charge on any atom is 0.0911 e. The van der Waals surface area contributed by atoms with Gasteiger partial charge >= 0.3 is 0 Å².